The average molecular weight is 337 g/mol. The summed E-state index contributed by atoms with van der Waals surface area (Å²) in [4.78, 5) is 2.23. The molecule has 1 rings (SSSR count). The van der Waals surface area contributed by atoms with E-state index in [9.17, 15) is 13.0 Å². The lowest BCUT2D eigenvalue weighted by molar-refractivity contribution is -0.921. The molecule has 1 aliphatic rings. The van der Waals surface area contributed by atoms with Crippen molar-refractivity contribution in [2.45, 2.75) is 53.4 Å². The molecule has 0 unspecified atom stereocenters. The van der Waals surface area contributed by atoms with Crippen LogP contribution >= 0.6 is 0 Å². The lowest BCUT2D eigenvalue weighted by Gasteiger charge is -2.34. The van der Waals surface area contributed by atoms with Crippen molar-refractivity contribution in [3.8, 4) is 0 Å². The molecule has 5 nitrogen and oxygen atoms in total. The molecule has 6 heteroatoms. The summed E-state index contributed by atoms with van der Waals surface area (Å²) in [7, 11) is -4.00. The van der Waals surface area contributed by atoms with Gasteiger partial charge in [-0.2, -0.15) is 0 Å². The van der Waals surface area contributed by atoms with Crippen molar-refractivity contribution in [2.75, 3.05) is 51.6 Å². The Labute approximate surface area is 138 Å². The van der Waals surface area contributed by atoms with Crippen LogP contribution in [0, 0.1) is 0 Å². The second kappa shape index (κ2) is 11.4. The summed E-state index contributed by atoms with van der Waals surface area (Å²) in [6.07, 6.45) is 4.15. The van der Waals surface area contributed by atoms with E-state index in [-0.39, 0.29) is 5.75 Å². The van der Waals surface area contributed by atoms with Crippen LogP contribution in [0.15, 0.2) is 0 Å². The third-order valence-corrected chi connectivity index (χ3v) is 5.79. The maximum atomic E-state index is 10.3. The molecule has 0 radical (unpaired) electrons. The molecule has 1 saturated heterocycles. The summed E-state index contributed by atoms with van der Waals surface area (Å²) in [6, 6.07) is 0. The first-order valence-corrected chi connectivity index (χ1v) is 10.4. The van der Waals surface area contributed by atoms with Gasteiger partial charge in [-0.05, 0) is 66.6 Å². The minimum absolute atomic E-state index is 0.219. The van der Waals surface area contributed by atoms with Crippen LogP contribution in [0.1, 0.15) is 53.4 Å². The Hall–Kier alpha value is -0.170. The van der Waals surface area contributed by atoms with E-state index in [1.165, 1.54) is 49.9 Å². The SMILES string of the molecule is CC[N+](CC)(CC)CC.O=S(=O)([O-])CCCN1CCCCC1. The lowest BCUT2D eigenvalue weighted by Crippen LogP contribution is -2.47. The fourth-order valence-electron chi connectivity index (χ4n) is 2.99. The molecule has 1 aliphatic heterocycles. The molecule has 0 bridgehead atoms. The highest BCUT2D eigenvalue weighted by atomic mass is 32.2. The average Bonchev–Trinajstić information content (AvgIpc) is 2.51. The van der Waals surface area contributed by atoms with Gasteiger partial charge in [-0.15, -0.1) is 0 Å². The summed E-state index contributed by atoms with van der Waals surface area (Å²) in [5.41, 5.74) is 0. The molecule has 0 N–H and O–H groups in total. The van der Waals surface area contributed by atoms with E-state index in [1.54, 1.807) is 0 Å². The summed E-state index contributed by atoms with van der Waals surface area (Å²) in [6.45, 7) is 17.1. The lowest BCUT2D eigenvalue weighted by atomic mass is 10.1. The zero-order chi connectivity index (χ0) is 17.1. The second-order valence-corrected chi connectivity index (χ2v) is 7.65. The molecule has 1 fully saturated rings. The Balaban J connectivity index is 0.000000433. The Kier molecular flexibility index (Phi) is 11.3. The van der Waals surface area contributed by atoms with Crippen molar-refractivity contribution < 1.29 is 17.5 Å². The molecule has 0 atom stereocenters. The monoisotopic (exact) mass is 336 g/mol. The van der Waals surface area contributed by atoms with Crippen molar-refractivity contribution in [3.05, 3.63) is 0 Å². The standard InChI is InChI=1S/C8H17NO3S.C8H20N/c10-13(11,12)8-4-7-9-5-2-1-3-6-9;1-5-9(6-2,7-3)8-4/h1-8H2,(H,10,11,12);5-8H2,1-4H3/q;+1/p-1. The minimum atomic E-state index is -4.00. The van der Waals surface area contributed by atoms with E-state index in [1.807, 2.05) is 0 Å². The first kappa shape index (κ1) is 21.8. The number of piperidine rings is 1. The van der Waals surface area contributed by atoms with Crippen LogP contribution < -0.4 is 0 Å². The molecule has 22 heavy (non-hydrogen) atoms. The van der Waals surface area contributed by atoms with E-state index in [2.05, 4.69) is 32.6 Å². The molecule has 0 spiro atoms. The molecule has 0 aromatic carbocycles. The van der Waals surface area contributed by atoms with Gasteiger partial charge < -0.3 is 13.9 Å². The predicted octanol–water partition coefficient (Wildman–Crippen LogP) is 2.29. The second-order valence-electron chi connectivity index (χ2n) is 6.12. The molecule has 0 aromatic heterocycles. The maximum absolute atomic E-state index is 10.3. The molecule has 134 valence electrons. The van der Waals surface area contributed by atoms with Gasteiger partial charge in [0.15, 0.2) is 0 Å². The summed E-state index contributed by atoms with van der Waals surface area (Å²) < 4.78 is 32.2. The van der Waals surface area contributed by atoms with Gasteiger partial charge in [-0.25, -0.2) is 8.42 Å². The van der Waals surface area contributed by atoms with Crippen LogP contribution in [-0.2, 0) is 10.1 Å². The fraction of sp³-hybridized carbons (Fsp3) is 1.00. The third kappa shape index (κ3) is 9.77. The van der Waals surface area contributed by atoms with Gasteiger partial charge in [0, 0.05) is 5.75 Å². The zero-order valence-corrected chi connectivity index (χ0v) is 15.8. The van der Waals surface area contributed by atoms with Crippen LogP contribution in [0.2, 0.25) is 0 Å². The van der Waals surface area contributed by atoms with Crippen LogP contribution in [0.5, 0.6) is 0 Å². The number of hydrogen-bond acceptors (Lipinski definition) is 4. The number of quaternary nitrogens is 1. The van der Waals surface area contributed by atoms with Gasteiger partial charge in [0.05, 0.1) is 36.3 Å². The smallest absolute Gasteiger partial charge is 0.0946 e. The van der Waals surface area contributed by atoms with Gasteiger partial charge in [-0.1, -0.05) is 6.42 Å². The van der Waals surface area contributed by atoms with E-state index in [4.69, 9.17) is 0 Å². The zero-order valence-electron chi connectivity index (χ0n) is 15.0. The molecule has 0 aliphatic carbocycles. The largest absolute Gasteiger partial charge is 0.748 e. The first-order chi connectivity index (χ1) is 10.3. The Morgan fingerprint density at radius 1 is 0.909 bits per heavy atom. The predicted molar refractivity (Wildman–Crippen MR) is 91.9 cm³/mol. The highest BCUT2D eigenvalue weighted by molar-refractivity contribution is 7.85. The molecule has 0 saturated carbocycles. The van der Waals surface area contributed by atoms with Crippen molar-refractivity contribution >= 4 is 10.1 Å². The summed E-state index contributed by atoms with van der Waals surface area (Å²) in [5.74, 6) is -0.219. The van der Waals surface area contributed by atoms with Gasteiger partial charge in [0.2, 0.25) is 0 Å². The van der Waals surface area contributed by atoms with E-state index < -0.39 is 10.1 Å². The maximum Gasteiger partial charge on any atom is 0.0946 e. The van der Waals surface area contributed by atoms with Gasteiger partial charge in [0.1, 0.15) is 0 Å². The highest BCUT2D eigenvalue weighted by Gasteiger charge is 2.16. The number of nitrogens with zero attached hydrogens (tertiary/aromatic N) is 2. The van der Waals surface area contributed by atoms with E-state index in [0.29, 0.717) is 6.42 Å². The minimum Gasteiger partial charge on any atom is -0.748 e. The number of likely N-dealkylation sites (tertiary alicyclic amines) is 1. The topological polar surface area (TPSA) is 60.4 Å². The highest BCUT2D eigenvalue weighted by Crippen LogP contribution is 2.08. The van der Waals surface area contributed by atoms with E-state index >= 15 is 0 Å². The van der Waals surface area contributed by atoms with Crippen LogP contribution in [0.3, 0.4) is 0 Å². The third-order valence-electron chi connectivity index (χ3n) is 5.00. The summed E-state index contributed by atoms with van der Waals surface area (Å²) in [5, 5.41) is 0. The van der Waals surface area contributed by atoms with Gasteiger partial charge in [-0.3, -0.25) is 0 Å². The van der Waals surface area contributed by atoms with Crippen LogP contribution in [0.4, 0.5) is 0 Å². The molecule has 0 aromatic rings. The fourth-order valence-corrected chi connectivity index (χ4v) is 3.47. The normalized spacial score (nSPS) is 17.0. The quantitative estimate of drug-likeness (QED) is 0.504. The van der Waals surface area contributed by atoms with Crippen LogP contribution in [-0.4, -0.2) is 73.9 Å². The number of hydrogen-bond donors (Lipinski definition) is 0. The Morgan fingerprint density at radius 2 is 1.36 bits per heavy atom. The van der Waals surface area contributed by atoms with E-state index in [0.717, 1.165) is 19.6 Å². The van der Waals surface area contributed by atoms with Crippen LogP contribution in [0.25, 0.3) is 0 Å². The van der Waals surface area contributed by atoms with Crippen molar-refractivity contribution in [1.29, 1.82) is 0 Å². The van der Waals surface area contributed by atoms with Crippen molar-refractivity contribution in [2.24, 2.45) is 0 Å². The number of rotatable bonds is 8. The Bertz CT molecular complexity index is 344. The molecule has 0 amide bonds. The first-order valence-electron chi connectivity index (χ1n) is 8.83. The van der Waals surface area contributed by atoms with Crippen molar-refractivity contribution in [3.63, 3.8) is 0 Å². The molecular weight excluding hydrogens is 300 g/mol. The molecule has 1 heterocycles. The molecular formula is C16H36N2O3S. The summed E-state index contributed by atoms with van der Waals surface area (Å²) >= 11 is 0. The van der Waals surface area contributed by atoms with Gasteiger partial charge in [0.25, 0.3) is 0 Å². The van der Waals surface area contributed by atoms with Gasteiger partial charge >= 0.3 is 0 Å². The van der Waals surface area contributed by atoms with Crippen molar-refractivity contribution in [1.82, 2.24) is 4.90 Å². The Morgan fingerprint density at radius 3 is 1.68 bits per heavy atom.